The number of nitrogens with two attached hydrogens (primary N) is 1. The molecule has 1 aromatic heterocycles. The first-order valence-electron chi connectivity index (χ1n) is 8.95. The lowest BCUT2D eigenvalue weighted by Crippen LogP contribution is -2.28. The number of ether oxygens (including phenoxy) is 1. The second-order valence-corrected chi connectivity index (χ2v) is 7.69. The zero-order valence-electron chi connectivity index (χ0n) is 15.9. The van der Waals surface area contributed by atoms with Crippen LogP contribution in [0.4, 0.5) is 0 Å². The number of aliphatic imine (C=N–C) groups is 1. The lowest BCUT2D eigenvalue weighted by Gasteiger charge is -2.30. The Hall–Kier alpha value is -2.85. The summed E-state index contributed by atoms with van der Waals surface area (Å²) in [5, 5.41) is 0.609. The highest BCUT2D eigenvalue weighted by Gasteiger charge is 2.29. The van der Waals surface area contributed by atoms with E-state index in [1.165, 1.54) is 12.4 Å². The van der Waals surface area contributed by atoms with Gasteiger partial charge in [0.1, 0.15) is 5.69 Å². The number of carbonyl (C=O) groups excluding carboxylic acids is 1. The lowest BCUT2D eigenvalue weighted by molar-refractivity contribution is 0.0987. The topological polar surface area (TPSA) is 90.5 Å². The van der Waals surface area contributed by atoms with Gasteiger partial charge in [0, 0.05) is 12.2 Å². The molecule has 1 aliphatic heterocycles. The van der Waals surface area contributed by atoms with Gasteiger partial charge in [0.25, 0.3) is 0 Å². The van der Waals surface area contributed by atoms with E-state index in [1.54, 1.807) is 18.7 Å². The van der Waals surface area contributed by atoms with Gasteiger partial charge in [0.2, 0.25) is 5.88 Å². The quantitative estimate of drug-likeness (QED) is 0.598. The van der Waals surface area contributed by atoms with Gasteiger partial charge in [-0.3, -0.25) is 9.79 Å². The van der Waals surface area contributed by atoms with Crippen LogP contribution in [0.2, 0.25) is 0 Å². The Morgan fingerprint density at radius 3 is 2.93 bits per heavy atom. The van der Waals surface area contributed by atoms with Gasteiger partial charge in [-0.15, -0.1) is 5.92 Å². The first-order valence-corrected chi connectivity index (χ1v) is 9.94. The third kappa shape index (κ3) is 4.90. The Morgan fingerprint density at radius 2 is 2.21 bits per heavy atom. The molecule has 1 atom stereocenters. The van der Waals surface area contributed by atoms with Crippen LogP contribution in [-0.4, -0.2) is 33.3 Å². The Bertz CT molecular complexity index is 947. The predicted octanol–water partition coefficient (Wildman–Crippen LogP) is 2.97. The van der Waals surface area contributed by atoms with Crippen molar-refractivity contribution in [2.45, 2.75) is 32.2 Å². The average Bonchev–Trinajstić information content (AvgIpc) is 2.69. The van der Waals surface area contributed by atoms with Crippen molar-refractivity contribution in [1.29, 1.82) is 0 Å². The number of Topliss-reactive ketones (excluding diaryl/α,β-unsaturated/α-hetero) is 1. The Kier molecular flexibility index (Phi) is 6.32. The van der Waals surface area contributed by atoms with E-state index in [1.807, 2.05) is 24.3 Å². The number of ketones is 1. The Balaban J connectivity index is 1.70. The van der Waals surface area contributed by atoms with Crippen molar-refractivity contribution in [3.63, 3.8) is 0 Å². The molecule has 0 bridgehead atoms. The van der Waals surface area contributed by atoms with Gasteiger partial charge in [-0.25, -0.2) is 9.97 Å². The van der Waals surface area contributed by atoms with Crippen molar-refractivity contribution < 1.29 is 9.53 Å². The van der Waals surface area contributed by atoms with Gasteiger partial charge in [-0.1, -0.05) is 41.9 Å². The van der Waals surface area contributed by atoms with Crippen LogP contribution in [0.15, 0.2) is 41.7 Å². The highest BCUT2D eigenvalue weighted by molar-refractivity contribution is 8.13. The number of hydrogen-bond donors (Lipinski definition) is 1. The molecule has 0 spiro atoms. The maximum Gasteiger partial charge on any atom is 0.233 e. The maximum absolute atomic E-state index is 12.6. The van der Waals surface area contributed by atoms with E-state index in [0.29, 0.717) is 16.7 Å². The van der Waals surface area contributed by atoms with Crippen LogP contribution in [-0.2, 0) is 12.0 Å². The summed E-state index contributed by atoms with van der Waals surface area (Å²) in [6.45, 7) is 4.06. The van der Waals surface area contributed by atoms with E-state index in [9.17, 15) is 4.79 Å². The molecule has 2 aromatic rings. The molecule has 0 saturated heterocycles. The van der Waals surface area contributed by atoms with Gasteiger partial charge in [-0.2, -0.15) is 0 Å². The summed E-state index contributed by atoms with van der Waals surface area (Å²) < 4.78 is 5.32. The summed E-state index contributed by atoms with van der Waals surface area (Å²) in [6.07, 6.45) is 4.03. The van der Waals surface area contributed by atoms with Gasteiger partial charge >= 0.3 is 0 Å². The van der Waals surface area contributed by atoms with E-state index in [-0.39, 0.29) is 24.3 Å². The van der Waals surface area contributed by atoms with Crippen molar-refractivity contribution in [1.82, 2.24) is 9.97 Å². The van der Waals surface area contributed by atoms with Crippen LogP contribution >= 0.6 is 11.8 Å². The number of nitrogens with zero attached hydrogens (tertiary/aromatic N) is 3. The number of thioether (sulfide) groups is 1. The van der Waals surface area contributed by atoms with E-state index < -0.39 is 0 Å². The molecule has 0 radical (unpaired) electrons. The van der Waals surface area contributed by atoms with Crippen molar-refractivity contribution in [3.8, 4) is 17.7 Å². The molecule has 0 amide bonds. The van der Waals surface area contributed by atoms with Gasteiger partial charge in [-0.05, 0) is 31.4 Å². The summed E-state index contributed by atoms with van der Waals surface area (Å²) >= 11 is 1.58. The summed E-state index contributed by atoms with van der Waals surface area (Å²) in [4.78, 5) is 25.5. The minimum atomic E-state index is -0.353. The highest BCUT2D eigenvalue weighted by Crippen LogP contribution is 2.35. The minimum absolute atomic E-state index is 0.100. The molecule has 6 nitrogen and oxygen atoms in total. The van der Waals surface area contributed by atoms with E-state index >= 15 is 0 Å². The molecule has 1 aliphatic rings. The van der Waals surface area contributed by atoms with E-state index in [4.69, 9.17) is 10.5 Å². The van der Waals surface area contributed by atoms with Gasteiger partial charge in [0.15, 0.2) is 17.6 Å². The molecule has 28 heavy (non-hydrogen) atoms. The van der Waals surface area contributed by atoms with Crippen LogP contribution in [0.25, 0.3) is 0 Å². The predicted molar refractivity (Wildman–Crippen MR) is 112 cm³/mol. The fraction of sp³-hybridized carbons (Fsp3) is 0.333. The fourth-order valence-corrected chi connectivity index (χ4v) is 3.88. The molecule has 2 N–H and O–H groups in total. The molecule has 0 fully saturated rings. The zero-order valence-corrected chi connectivity index (χ0v) is 16.8. The second kappa shape index (κ2) is 8.89. The van der Waals surface area contributed by atoms with E-state index in [2.05, 4.69) is 33.7 Å². The summed E-state index contributed by atoms with van der Waals surface area (Å²) in [6, 6.07) is 7.95. The van der Waals surface area contributed by atoms with Gasteiger partial charge in [0.05, 0.1) is 17.9 Å². The molecule has 2 heterocycles. The van der Waals surface area contributed by atoms with Crippen molar-refractivity contribution >= 4 is 22.7 Å². The summed E-state index contributed by atoms with van der Waals surface area (Å²) in [5.74, 6) is 6.69. The van der Waals surface area contributed by atoms with Crippen LogP contribution in [0.1, 0.15) is 41.9 Å². The SMILES string of the molecule is CC#CCOc1cnc(C(=O)Cc2cccc([C@]3(C)CCSC(N)=N3)c2)cn1. The molecular formula is C21H22N4O2S. The Labute approximate surface area is 169 Å². The Morgan fingerprint density at radius 1 is 1.36 bits per heavy atom. The lowest BCUT2D eigenvalue weighted by atomic mass is 9.88. The summed E-state index contributed by atoms with van der Waals surface area (Å²) in [5.41, 5.74) is 7.85. The number of benzene rings is 1. The van der Waals surface area contributed by atoms with Crippen LogP contribution in [0.3, 0.4) is 0 Å². The van der Waals surface area contributed by atoms with Crippen molar-refractivity contribution in [2.24, 2.45) is 10.7 Å². The third-order valence-corrected chi connectivity index (χ3v) is 5.29. The number of carbonyl (C=O) groups is 1. The average molecular weight is 395 g/mol. The van der Waals surface area contributed by atoms with Crippen LogP contribution in [0.5, 0.6) is 5.88 Å². The highest BCUT2D eigenvalue weighted by atomic mass is 32.2. The first kappa shape index (κ1) is 19.9. The van der Waals surface area contributed by atoms with Crippen molar-refractivity contribution in [3.05, 3.63) is 53.5 Å². The number of amidine groups is 1. The number of hydrogen-bond acceptors (Lipinski definition) is 7. The second-order valence-electron chi connectivity index (χ2n) is 6.58. The van der Waals surface area contributed by atoms with Gasteiger partial charge < -0.3 is 10.5 Å². The molecule has 1 aromatic carbocycles. The minimum Gasteiger partial charge on any atom is -0.463 e. The third-order valence-electron chi connectivity index (χ3n) is 4.49. The van der Waals surface area contributed by atoms with Crippen molar-refractivity contribution in [2.75, 3.05) is 12.4 Å². The smallest absolute Gasteiger partial charge is 0.233 e. The number of aromatic nitrogens is 2. The molecule has 0 aliphatic carbocycles. The normalized spacial score (nSPS) is 18.6. The van der Waals surface area contributed by atoms with Crippen LogP contribution < -0.4 is 10.5 Å². The summed E-state index contributed by atoms with van der Waals surface area (Å²) in [7, 11) is 0. The molecule has 144 valence electrons. The molecule has 0 saturated carbocycles. The number of rotatable bonds is 6. The first-order chi connectivity index (χ1) is 13.5. The molecule has 7 heteroatoms. The molecular weight excluding hydrogens is 372 g/mol. The van der Waals surface area contributed by atoms with Crippen LogP contribution in [0, 0.1) is 11.8 Å². The fourth-order valence-electron chi connectivity index (χ4n) is 2.90. The van der Waals surface area contributed by atoms with E-state index in [0.717, 1.165) is 23.3 Å². The molecule has 3 rings (SSSR count). The zero-order chi connectivity index (χ0) is 20.0. The largest absolute Gasteiger partial charge is 0.463 e. The standard InChI is InChI=1S/C21H22N4O2S/c1-3-4-9-27-19-14-23-17(13-24-19)18(26)12-15-6-5-7-16(11-15)21(2)8-10-28-20(22)25-21/h5-7,11,13-14H,8-10,12H2,1-2H3,(H2,22,25)/t21-/m0/s1. The molecule has 0 unspecified atom stereocenters. The maximum atomic E-state index is 12.6. The monoisotopic (exact) mass is 394 g/mol.